The van der Waals surface area contributed by atoms with Crippen LogP contribution in [0.4, 0.5) is 0 Å². The maximum atomic E-state index is 11.2. The Morgan fingerprint density at radius 1 is 1.50 bits per heavy atom. The standard InChI is InChI=1S/C10H16O4/c1-2-13-8(12)5-6-3-4-7(11)10-9(6)14-10/h6-7,9-11H,2-5H2,1H3/t6-,7+,9-,10+/m0/s1. The molecule has 1 N–H and O–H groups in total. The van der Waals surface area contributed by atoms with Gasteiger partial charge in [0.2, 0.25) is 0 Å². The Hall–Kier alpha value is -0.610. The topological polar surface area (TPSA) is 59.1 Å². The highest BCUT2D eigenvalue weighted by atomic mass is 16.6. The lowest BCUT2D eigenvalue weighted by molar-refractivity contribution is -0.144. The number of aliphatic hydroxyl groups is 1. The van der Waals surface area contributed by atoms with Gasteiger partial charge in [-0.3, -0.25) is 4.79 Å². The summed E-state index contributed by atoms with van der Waals surface area (Å²) >= 11 is 0. The van der Waals surface area contributed by atoms with Gasteiger partial charge in [0.15, 0.2) is 0 Å². The molecule has 0 aromatic carbocycles. The minimum absolute atomic E-state index is 0.0109. The third-order valence-electron chi connectivity index (χ3n) is 2.97. The number of aliphatic hydroxyl groups excluding tert-OH is 1. The van der Waals surface area contributed by atoms with Crippen molar-refractivity contribution in [1.82, 2.24) is 0 Å². The van der Waals surface area contributed by atoms with Gasteiger partial charge in [0.1, 0.15) is 6.10 Å². The van der Waals surface area contributed by atoms with E-state index in [0.29, 0.717) is 13.0 Å². The van der Waals surface area contributed by atoms with E-state index in [1.165, 1.54) is 0 Å². The molecule has 1 saturated heterocycles. The van der Waals surface area contributed by atoms with Crippen LogP contribution in [-0.2, 0) is 14.3 Å². The second-order valence-electron chi connectivity index (χ2n) is 3.98. The van der Waals surface area contributed by atoms with Crippen molar-refractivity contribution in [2.45, 2.75) is 44.5 Å². The molecule has 0 radical (unpaired) electrons. The van der Waals surface area contributed by atoms with Crippen LogP contribution >= 0.6 is 0 Å². The zero-order valence-corrected chi connectivity index (χ0v) is 8.31. The van der Waals surface area contributed by atoms with E-state index in [1.807, 2.05) is 0 Å². The number of rotatable bonds is 3. The van der Waals surface area contributed by atoms with Gasteiger partial charge < -0.3 is 14.6 Å². The van der Waals surface area contributed by atoms with Crippen molar-refractivity contribution in [3.8, 4) is 0 Å². The van der Waals surface area contributed by atoms with Gasteiger partial charge in [-0.2, -0.15) is 0 Å². The van der Waals surface area contributed by atoms with Gasteiger partial charge in [-0.25, -0.2) is 0 Å². The van der Waals surface area contributed by atoms with E-state index in [9.17, 15) is 9.90 Å². The molecule has 2 rings (SSSR count). The first kappa shape index (κ1) is 9.93. The normalized spacial score (nSPS) is 40.1. The first-order valence-corrected chi connectivity index (χ1v) is 5.21. The minimum Gasteiger partial charge on any atom is -0.466 e. The van der Waals surface area contributed by atoms with Crippen LogP contribution in [0.2, 0.25) is 0 Å². The van der Waals surface area contributed by atoms with Gasteiger partial charge in [0.25, 0.3) is 0 Å². The van der Waals surface area contributed by atoms with E-state index in [4.69, 9.17) is 9.47 Å². The average molecular weight is 200 g/mol. The first-order valence-electron chi connectivity index (χ1n) is 5.21. The zero-order chi connectivity index (χ0) is 10.1. The molecule has 4 heteroatoms. The van der Waals surface area contributed by atoms with Crippen molar-refractivity contribution in [2.75, 3.05) is 6.61 Å². The molecule has 14 heavy (non-hydrogen) atoms. The largest absolute Gasteiger partial charge is 0.466 e. The molecular weight excluding hydrogens is 184 g/mol. The molecule has 0 unspecified atom stereocenters. The molecule has 1 saturated carbocycles. The summed E-state index contributed by atoms with van der Waals surface area (Å²) in [7, 11) is 0. The molecule has 0 bridgehead atoms. The summed E-state index contributed by atoms with van der Waals surface area (Å²) in [4.78, 5) is 11.2. The summed E-state index contributed by atoms with van der Waals surface area (Å²) in [6.07, 6.45) is 1.80. The quantitative estimate of drug-likeness (QED) is 0.531. The number of hydrogen-bond donors (Lipinski definition) is 1. The van der Waals surface area contributed by atoms with Crippen molar-refractivity contribution >= 4 is 5.97 Å². The van der Waals surface area contributed by atoms with Gasteiger partial charge in [0.05, 0.1) is 25.2 Å². The predicted molar refractivity (Wildman–Crippen MR) is 48.6 cm³/mol. The number of fused-ring (bicyclic) bond motifs is 1. The van der Waals surface area contributed by atoms with E-state index in [0.717, 1.165) is 12.8 Å². The second kappa shape index (κ2) is 3.87. The summed E-state index contributed by atoms with van der Waals surface area (Å²) in [6.45, 7) is 2.24. The molecule has 2 aliphatic rings. The van der Waals surface area contributed by atoms with E-state index in [-0.39, 0.29) is 30.2 Å². The van der Waals surface area contributed by atoms with Gasteiger partial charge >= 0.3 is 5.97 Å². The summed E-state index contributed by atoms with van der Waals surface area (Å²) in [5.41, 5.74) is 0. The van der Waals surface area contributed by atoms with Crippen LogP contribution in [0.1, 0.15) is 26.2 Å². The first-order chi connectivity index (χ1) is 6.72. The number of epoxide rings is 1. The summed E-state index contributed by atoms with van der Waals surface area (Å²) < 4.78 is 10.2. The van der Waals surface area contributed by atoms with Gasteiger partial charge in [0, 0.05) is 0 Å². The van der Waals surface area contributed by atoms with Crippen LogP contribution in [0, 0.1) is 5.92 Å². The average Bonchev–Trinajstić information content (AvgIpc) is 2.90. The van der Waals surface area contributed by atoms with Crippen molar-refractivity contribution in [1.29, 1.82) is 0 Å². The zero-order valence-electron chi connectivity index (χ0n) is 8.31. The molecule has 2 fully saturated rings. The fourth-order valence-corrected chi connectivity index (χ4v) is 2.19. The van der Waals surface area contributed by atoms with Crippen molar-refractivity contribution in [3.63, 3.8) is 0 Å². The number of carbonyl (C=O) groups is 1. The van der Waals surface area contributed by atoms with Gasteiger partial charge in [-0.1, -0.05) is 0 Å². The Kier molecular flexibility index (Phi) is 2.74. The summed E-state index contributed by atoms with van der Waals surface area (Å²) in [5.74, 6) is 0.102. The number of carbonyl (C=O) groups excluding carboxylic acids is 1. The lowest BCUT2D eigenvalue weighted by Crippen LogP contribution is -2.29. The third-order valence-corrected chi connectivity index (χ3v) is 2.97. The lowest BCUT2D eigenvalue weighted by Gasteiger charge is -2.20. The molecule has 0 aromatic rings. The van der Waals surface area contributed by atoms with Crippen LogP contribution in [0.5, 0.6) is 0 Å². The Morgan fingerprint density at radius 3 is 3.00 bits per heavy atom. The van der Waals surface area contributed by atoms with E-state index >= 15 is 0 Å². The van der Waals surface area contributed by atoms with Gasteiger partial charge in [-0.15, -0.1) is 0 Å². The van der Waals surface area contributed by atoms with E-state index < -0.39 is 0 Å². The molecule has 4 nitrogen and oxygen atoms in total. The van der Waals surface area contributed by atoms with Crippen LogP contribution in [0.15, 0.2) is 0 Å². The second-order valence-corrected chi connectivity index (χ2v) is 3.98. The monoisotopic (exact) mass is 200 g/mol. The maximum Gasteiger partial charge on any atom is 0.306 e. The number of ether oxygens (including phenoxy) is 2. The Morgan fingerprint density at radius 2 is 2.29 bits per heavy atom. The SMILES string of the molecule is CCOC(=O)C[C@@H]1CC[C@@H](O)[C@H]2O[C@@H]12. The molecule has 1 aliphatic heterocycles. The molecule has 1 heterocycles. The van der Waals surface area contributed by atoms with E-state index in [1.54, 1.807) is 6.92 Å². The lowest BCUT2D eigenvalue weighted by atomic mass is 9.85. The smallest absolute Gasteiger partial charge is 0.306 e. The van der Waals surface area contributed by atoms with Crippen molar-refractivity contribution in [3.05, 3.63) is 0 Å². The van der Waals surface area contributed by atoms with Crippen LogP contribution in [0.3, 0.4) is 0 Å². The van der Waals surface area contributed by atoms with Crippen molar-refractivity contribution < 1.29 is 19.4 Å². The van der Waals surface area contributed by atoms with Crippen molar-refractivity contribution in [2.24, 2.45) is 5.92 Å². The predicted octanol–water partition coefficient (Wildman–Crippen LogP) is 0.478. The van der Waals surface area contributed by atoms with Crippen LogP contribution < -0.4 is 0 Å². The highest BCUT2D eigenvalue weighted by Crippen LogP contribution is 2.42. The minimum atomic E-state index is -0.321. The molecule has 80 valence electrons. The highest BCUT2D eigenvalue weighted by molar-refractivity contribution is 5.69. The summed E-state index contributed by atoms with van der Waals surface area (Å²) in [5, 5.41) is 9.43. The van der Waals surface area contributed by atoms with E-state index in [2.05, 4.69) is 0 Å². The Bertz CT molecular complexity index is 228. The maximum absolute atomic E-state index is 11.2. The fourth-order valence-electron chi connectivity index (χ4n) is 2.19. The van der Waals surface area contributed by atoms with Crippen LogP contribution in [0.25, 0.3) is 0 Å². The van der Waals surface area contributed by atoms with Gasteiger partial charge in [-0.05, 0) is 25.7 Å². The molecular formula is C10H16O4. The molecule has 0 spiro atoms. The molecule has 4 atom stereocenters. The molecule has 0 aromatic heterocycles. The van der Waals surface area contributed by atoms with Crippen LogP contribution in [-0.4, -0.2) is 36.0 Å². The number of hydrogen-bond acceptors (Lipinski definition) is 4. The highest BCUT2D eigenvalue weighted by Gasteiger charge is 2.52. The Balaban J connectivity index is 1.80. The molecule has 0 amide bonds. The molecule has 1 aliphatic carbocycles. The third kappa shape index (κ3) is 1.91. The number of esters is 1. The summed E-state index contributed by atoms with van der Waals surface area (Å²) in [6, 6.07) is 0. The fraction of sp³-hybridized carbons (Fsp3) is 0.900. The Labute approximate surface area is 83.2 Å².